The molecule has 1 aromatic carbocycles. The highest BCUT2D eigenvalue weighted by molar-refractivity contribution is 7.50. The van der Waals surface area contributed by atoms with E-state index in [4.69, 9.17) is 9.79 Å². The van der Waals surface area contributed by atoms with Crippen LogP contribution in [0.4, 0.5) is 0 Å². The normalized spacial score (nSPS) is 11.2. The largest absolute Gasteiger partial charge is 0.329 e. The summed E-state index contributed by atoms with van der Waals surface area (Å²) < 4.78 is 10.6. The third-order valence-corrected chi connectivity index (χ3v) is 2.28. The lowest BCUT2D eigenvalue weighted by Gasteiger charge is -2.03. The predicted octanol–water partition coefficient (Wildman–Crippen LogP) is 1.18. The SMILES string of the molecule is O=Cc1ccc(CP(=O)(O)O)cc1. The Morgan fingerprint density at radius 2 is 1.77 bits per heavy atom. The summed E-state index contributed by atoms with van der Waals surface area (Å²) in [7, 11) is -4.00. The van der Waals surface area contributed by atoms with Crippen LogP contribution in [0.5, 0.6) is 0 Å². The van der Waals surface area contributed by atoms with Gasteiger partial charge in [0, 0.05) is 5.56 Å². The molecule has 0 aliphatic carbocycles. The van der Waals surface area contributed by atoms with Gasteiger partial charge in [0.25, 0.3) is 0 Å². The lowest BCUT2D eigenvalue weighted by atomic mass is 10.2. The summed E-state index contributed by atoms with van der Waals surface area (Å²) in [5.74, 6) is 0. The maximum atomic E-state index is 10.6. The van der Waals surface area contributed by atoms with Gasteiger partial charge in [-0.1, -0.05) is 24.3 Å². The van der Waals surface area contributed by atoms with Gasteiger partial charge in [0.1, 0.15) is 6.29 Å². The van der Waals surface area contributed by atoms with E-state index in [1.54, 1.807) is 0 Å². The second kappa shape index (κ2) is 3.83. The van der Waals surface area contributed by atoms with Crippen LogP contribution in [0.2, 0.25) is 0 Å². The van der Waals surface area contributed by atoms with Gasteiger partial charge in [0.05, 0.1) is 6.16 Å². The summed E-state index contributed by atoms with van der Waals surface area (Å²) in [5.41, 5.74) is 1.02. The van der Waals surface area contributed by atoms with Crippen molar-refractivity contribution in [2.24, 2.45) is 0 Å². The van der Waals surface area contributed by atoms with E-state index in [1.165, 1.54) is 24.3 Å². The molecule has 0 fully saturated rings. The van der Waals surface area contributed by atoms with E-state index in [0.717, 1.165) is 0 Å². The van der Waals surface area contributed by atoms with Gasteiger partial charge >= 0.3 is 7.60 Å². The van der Waals surface area contributed by atoms with E-state index < -0.39 is 7.60 Å². The summed E-state index contributed by atoms with van der Waals surface area (Å²) in [6, 6.07) is 6.11. The van der Waals surface area contributed by atoms with Crippen molar-refractivity contribution in [3.8, 4) is 0 Å². The lowest BCUT2D eigenvalue weighted by molar-refractivity contribution is 0.112. The smallest absolute Gasteiger partial charge is 0.324 e. The second-order valence-electron chi connectivity index (χ2n) is 2.68. The number of carbonyl (C=O) groups is 1. The molecule has 2 N–H and O–H groups in total. The average Bonchev–Trinajstić information content (AvgIpc) is 2.03. The maximum Gasteiger partial charge on any atom is 0.329 e. The van der Waals surface area contributed by atoms with E-state index in [1.807, 2.05) is 0 Å². The first kappa shape index (κ1) is 10.1. The van der Waals surface area contributed by atoms with E-state index in [0.29, 0.717) is 17.4 Å². The Morgan fingerprint density at radius 1 is 1.23 bits per heavy atom. The van der Waals surface area contributed by atoms with E-state index in [9.17, 15) is 9.36 Å². The number of hydrogen-bond donors (Lipinski definition) is 2. The van der Waals surface area contributed by atoms with Crippen LogP contribution in [0.15, 0.2) is 24.3 Å². The Kier molecular flexibility index (Phi) is 2.98. The highest BCUT2D eigenvalue weighted by Crippen LogP contribution is 2.38. The fourth-order valence-corrected chi connectivity index (χ4v) is 1.63. The molecule has 0 amide bonds. The molecule has 13 heavy (non-hydrogen) atoms. The number of benzene rings is 1. The van der Waals surface area contributed by atoms with Gasteiger partial charge in [0.15, 0.2) is 0 Å². The molecule has 1 aromatic rings. The van der Waals surface area contributed by atoms with Crippen LogP contribution in [-0.4, -0.2) is 16.1 Å². The molecule has 0 saturated heterocycles. The molecule has 0 aliphatic rings. The zero-order chi connectivity index (χ0) is 9.90. The average molecular weight is 200 g/mol. The molecular formula is C8H9O4P. The number of hydrogen-bond acceptors (Lipinski definition) is 2. The van der Waals surface area contributed by atoms with Gasteiger partial charge < -0.3 is 9.79 Å². The van der Waals surface area contributed by atoms with E-state index in [-0.39, 0.29) is 6.16 Å². The summed E-state index contributed by atoms with van der Waals surface area (Å²) in [4.78, 5) is 27.5. The Morgan fingerprint density at radius 3 is 2.15 bits per heavy atom. The number of aldehydes is 1. The van der Waals surface area contributed by atoms with Gasteiger partial charge in [-0.25, -0.2) is 0 Å². The van der Waals surface area contributed by atoms with Crippen LogP contribution in [0.3, 0.4) is 0 Å². The van der Waals surface area contributed by atoms with Crippen LogP contribution in [0, 0.1) is 0 Å². The van der Waals surface area contributed by atoms with Crippen molar-refractivity contribution < 1.29 is 19.1 Å². The molecule has 0 unspecified atom stereocenters. The Labute approximate surface area is 75.4 Å². The van der Waals surface area contributed by atoms with Crippen molar-refractivity contribution in [1.82, 2.24) is 0 Å². The first-order chi connectivity index (χ1) is 6.01. The minimum absolute atomic E-state index is 0.286. The second-order valence-corrected chi connectivity index (χ2v) is 4.33. The van der Waals surface area contributed by atoms with Crippen LogP contribution in [0.1, 0.15) is 15.9 Å². The monoisotopic (exact) mass is 200 g/mol. The van der Waals surface area contributed by atoms with Gasteiger partial charge in [0.2, 0.25) is 0 Å². The first-order valence-electron chi connectivity index (χ1n) is 3.60. The fraction of sp³-hybridized carbons (Fsp3) is 0.125. The molecule has 0 aromatic heterocycles. The molecule has 5 heteroatoms. The van der Waals surface area contributed by atoms with Crippen molar-refractivity contribution >= 4 is 13.9 Å². The Hall–Kier alpha value is -0.960. The number of rotatable bonds is 3. The van der Waals surface area contributed by atoms with E-state index in [2.05, 4.69) is 0 Å². The van der Waals surface area contributed by atoms with Crippen molar-refractivity contribution in [2.45, 2.75) is 6.16 Å². The van der Waals surface area contributed by atoms with Crippen molar-refractivity contribution in [2.75, 3.05) is 0 Å². The molecule has 0 saturated carbocycles. The number of carbonyl (C=O) groups excluding carboxylic acids is 1. The van der Waals surface area contributed by atoms with Gasteiger partial charge in [-0.2, -0.15) is 0 Å². The van der Waals surface area contributed by atoms with Crippen LogP contribution in [-0.2, 0) is 10.7 Å². The molecule has 0 aliphatic heterocycles. The fourth-order valence-electron chi connectivity index (χ4n) is 0.939. The lowest BCUT2D eigenvalue weighted by Crippen LogP contribution is -1.87. The summed E-state index contributed by atoms with van der Waals surface area (Å²) in [6.07, 6.45) is 0.396. The zero-order valence-electron chi connectivity index (χ0n) is 6.75. The van der Waals surface area contributed by atoms with E-state index >= 15 is 0 Å². The third kappa shape index (κ3) is 3.51. The molecule has 0 atom stereocenters. The Balaban J connectivity index is 2.81. The quantitative estimate of drug-likeness (QED) is 0.567. The molecule has 0 radical (unpaired) electrons. The standard InChI is InChI=1S/C8H9O4P/c9-5-7-1-3-8(4-2-7)6-13(10,11)12/h1-5H,6H2,(H2,10,11,12). The summed E-state index contributed by atoms with van der Waals surface area (Å²) in [5, 5.41) is 0. The maximum absolute atomic E-state index is 10.6. The van der Waals surface area contributed by atoms with Gasteiger partial charge in [-0.05, 0) is 5.56 Å². The molecule has 0 bridgehead atoms. The Bertz CT molecular complexity index is 338. The molecule has 0 spiro atoms. The van der Waals surface area contributed by atoms with Gasteiger partial charge in [-0.3, -0.25) is 9.36 Å². The first-order valence-corrected chi connectivity index (χ1v) is 5.40. The molecule has 1 rings (SSSR count). The minimum atomic E-state index is -4.00. The minimum Gasteiger partial charge on any atom is -0.324 e. The predicted molar refractivity (Wildman–Crippen MR) is 47.6 cm³/mol. The molecule has 4 nitrogen and oxygen atoms in total. The highest BCUT2D eigenvalue weighted by atomic mass is 31.2. The van der Waals surface area contributed by atoms with Crippen LogP contribution >= 0.6 is 7.60 Å². The topological polar surface area (TPSA) is 74.6 Å². The van der Waals surface area contributed by atoms with Crippen molar-refractivity contribution in [1.29, 1.82) is 0 Å². The third-order valence-electron chi connectivity index (χ3n) is 1.50. The van der Waals surface area contributed by atoms with Crippen LogP contribution in [0.25, 0.3) is 0 Å². The molecule has 0 heterocycles. The van der Waals surface area contributed by atoms with Crippen molar-refractivity contribution in [3.05, 3.63) is 35.4 Å². The molecular weight excluding hydrogens is 191 g/mol. The zero-order valence-corrected chi connectivity index (χ0v) is 7.65. The summed E-state index contributed by atoms with van der Waals surface area (Å²) in [6.45, 7) is 0. The van der Waals surface area contributed by atoms with Crippen LogP contribution < -0.4 is 0 Å². The summed E-state index contributed by atoms with van der Waals surface area (Å²) >= 11 is 0. The van der Waals surface area contributed by atoms with Crippen molar-refractivity contribution in [3.63, 3.8) is 0 Å². The van der Waals surface area contributed by atoms with Gasteiger partial charge in [-0.15, -0.1) is 0 Å². The molecule has 70 valence electrons. The highest BCUT2D eigenvalue weighted by Gasteiger charge is 2.13.